The fourth-order valence-corrected chi connectivity index (χ4v) is 2.87. The SMILES string of the molecule is O=c1[nH]c(CNC2CCCOC2)nc2ccsc12. The second kappa shape index (κ2) is 5.17. The molecule has 0 aromatic carbocycles. The van der Waals surface area contributed by atoms with Gasteiger partial charge >= 0.3 is 0 Å². The van der Waals surface area contributed by atoms with E-state index in [2.05, 4.69) is 15.3 Å². The summed E-state index contributed by atoms with van der Waals surface area (Å²) in [6.07, 6.45) is 2.20. The highest BCUT2D eigenvalue weighted by molar-refractivity contribution is 7.17. The van der Waals surface area contributed by atoms with Crippen molar-refractivity contribution in [3.8, 4) is 0 Å². The van der Waals surface area contributed by atoms with Crippen LogP contribution < -0.4 is 10.9 Å². The fraction of sp³-hybridized carbons (Fsp3) is 0.500. The Morgan fingerprint density at radius 2 is 2.56 bits per heavy atom. The smallest absolute Gasteiger partial charge is 0.268 e. The van der Waals surface area contributed by atoms with E-state index in [4.69, 9.17) is 4.74 Å². The normalized spacial score (nSPS) is 20.3. The van der Waals surface area contributed by atoms with Crippen LogP contribution >= 0.6 is 11.3 Å². The number of aromatic nitrogens is 2. The molecule has 5 nitrogen and oxygen atoms in total. The van der Waals surface area contributed by atoms with Crippen LogP contribution in [0.4, 0.5) is 0 Å². The van der Waals surface area contributed by atoms with Crippen molar-refractivity contribution in [1.82, 2.24) is 15.3 Å². The maximum Gasteiger partial charge on any atom is 0.268 e. The molecule has 0 aliphatic carbocycles. The third-order valence-corrected chi connectivity index (χ3v) is 3.98. The van der Waals surface area contributed by atoms with Gasteiger partial charge in [-0.15, -0.1) is 11.3 Å². The number of rotatable bonds is 3. The van der Waals surface area contributed by atoms with Crippen LogP contribution in [-0.2, 0) is 11.3 Å². The van der Waals surface area contributed by atoms with E-state index >= 15 is 0 Å². The number of hydrogen-bond acceptors (Lipinski definition) is 5. The molecule has 3 rings (SSSR count). The van der Waals surface area contributed by atoms with E-state index in [9.17, 15) is 4.79 Å². The van der Waals surface area contributed by atoms with Gasteiger partial charge < -0.3 is 15.0 Å². The number of aromatic amines is 1. The summed E-state index contributed by atoms with van der Waals surface area (Å²) in [5.41, 5.74) is 0.729. The first-order chi connectivity index (χ1) is 8.83. The molecule has 0 saturated carbocycles. The van der Waals surface area contributed by atoms with Crippen molar-refractivity contribution in [2.24, 2.45) is 0 Å². The van der Waals surface area contributed by atoms with E-state index in [1.165, 1.54) is 11.3 Å². The summed E-state index contributed by atoms with van der Waals surface area (Å²) < 4.78 is 6.09. The van der Waals surface area contributed by atoms with Gasteiger partial charge in [0.1, 0.15) is 10.5 Å². The molecule has 0 radical (unpaired) electrons. The Morgan fingerprint density at radius 3 is 3.39 bits per heavy atom. The molecule has 1 unspecified atom stereocenters. The monoisotopic (exact) mass is 265 g/mol. The number of nitrogens with one attached hydrogen (secondary N) is 2. The maximum absolute atomic E-state index is 11.8. The Labute approximate surface area is 108 Å². The van der Waals surface area contributed by atoms with Crippen LogP contribution in [-0.4, -0.2) is 29.2 Å². The second-order valence-corrected chi connectivity index (χ2v) is 5.36. The van der Waals surface area contributed by atoms with Crippen LogP contribution in [0.15, 0.2) is 16.2 Å². The van der Waals surface area contributed by atoms with Gasteiger partial charge in [0.25, 0.3) is 5.56 Å². The third-order valence-electron chi connectivity index (χ3n) is 3.08. The molecule has 96 valence electrons. The predicted molar refractivity (Wildman–Crippen MR) is 70.9 cm³/mol. The van der Waals surface area contributed by atoms with Crippen molar-refractivity contribution in [1.29, 1.82) is 0 Å². The first kappa shape index (κ1) is 11.8. The average molecular weight is 265 g/mol. The van der Waals surface area contributed by atoms with Crippen LogP contribution in [0.25, 0.3) is 10.2 Å². The van der Waals surface area contributed by atoms with Crippen molar-refractivity contribution in [3.63, 3.8) is 0 Å². The van der Waals surface area contributed by atoms with Crippen molar-refractivity contribution in [2.75, 3.05) is 13.2 Å². The van der Waals surface area contributed by atoms with Gasteiger partial charge in [-0.25, -0.2) is 4.98 Å². The summed E-state index contributed by atoms with van der Waals surface area (Å²) in [5.74, 6) is 0.691. The van der Waals surface area contributed by atoms with Gasteiger partial charge in [0.2, 0.25) is 0 Å². The van der Waals surface area contributed by atoms with Gasteiger partial charge in [-0.3, -0.25) is 4.79 Å². The minimum absolute atomic E-state index is 0.0494. The van der Waals surface area contributed by atoms with Gasteiger partial charge in [-0.05, 0) is 24.3 Å². The lowest BCUT2D eigenvalue weighted by Gasteiger charge is -2.22. The standard InChI is InChI=1S/C12H15N3O2S/c16-12-11-9(3-5-18-11)14-10(15-12)6-13-8-2-1-4-17-7-8/h3,5,8,13H,1-2,4,6-7H2,(H,14,15,16). The zero-order valence-electron chi connectivity index (χ0n) is 9.94. The predicted octanol–water partition coefficient (Wildman–Crippen LogP) is 1.25. The Balaban J connectivity index is 1.72. The first-order valence-electron chi connectivity index (χ1n) is 6.10. The number of thiophene rings is 1. The van der Waals surface area contributed by atoms with Crippen LogP contribution in [0, 0.1) is 0 Å². The van der Waals surface area contributed by atoms with Crippen molar-refractivity contribution < 1.29 is 4.74 Å². The quantitative estimate of drug-likeness (QED) is 0.876. The van der Waals surface area contributed by atoms with E-state index in [1.54, 1.807) is 0 Å². The molecule has 0 amide bonds. The zero-order valence-corrected chi connectivity index (χ0v) is 10.8. The molecular weight excluding hydrogens is 250 g/mol. The highest BCUT2D eigenvalue weighted by Crippen LogP contribution is 2.13. The maximum atomic E-state index is 11.8. The highest BCUT2D eigenvalue weighted by atomic mass is 32.1. The molecule has 1 atom stereocenters. The van der Waals surface area contributed by atoms with Crippen molar-refractivity contribution >= 4 is 21.6 Å². The minimum Gasteiger partial charge on any atom is -0.380 e. The Morgan fingerprint density at radius 1 is 1.61 bits per heavy atom. The van der Waals surface area contributed by atoms with Gasteiger partial charge in [0.15, 0.2) is 0 Å². The fourth-order valence-electron chi connectivity index (χ4n) is 2.15. The molecule has 1 aliphatic rings. The summed E-state index contributed by atoms with van der Waals surface area (Å²) in [7, 11) is 0. The molecule has 1 aliphatic heterocycles. The van der Waals surface area contributed by atoms with E-state index < -0.39 is 0 Å². The zero-order chi connectivity index (χ0) is 12.4. The number of H-pyrrole nitrogens is 1. The first-order valence-corrected chi connectivity index (χ1v) is 6.98. The van der Waals surface area contributed by atoms with Crippen LogP contribution in [0.5, 0.6) is 0 Å². The lowest BCUT2D eigenvalue weighted by molar-refractivity contribution is 0.0697. The van der Waals surface area contributed by atoms with E-state index in [-0.39, 0.29) is 5.56 Å². The molecule has 0 spiro atoms. The van der Waals surface area contributed by atoms with E-state index in [0.29, 0.717) is 23.1 Å². The second-order valence-electron chi connectivity index (χ2n) is 4.44. The average Bonchev–Trinajstić information content (AvgIpc) is 2.86. The Kier molecular flexibility index (Phi) is 3.40. The summed E-state index contributed by atoms with van der Waals surface area (Å²) in [6.45, 7) is 2.17. The summed E-state index contributed by atoms with van der Waals surface area (Å²) in [5, 5.41) is 5.26. The lowest BCUT2D eigenvalue weighted by atomic mass is 10.1. The number of fused-ring (bicyclic) bond motifs is 1. The molecule has 0 bridgehead atoms. The van der Waals surface area contributed by atoms with Crippen molar-refractivity contribution in [3.05, 3.63) is 27.6 Å². The molecule has 3 heterocycles. The largest absolute Gasteiger partial charge is 0.380 e. The molecule has 2 N–H and O–H groups in total. The summed E-state index contributed by atoms with van der Waals surface area (Å²) in [4.78, 5) is 19.0. The molecule has 6 heteroatoms. The topological polar surface area (TPSA) is 67.0 Å². The lowest BCUT2D eigenvalue weighted by Crippen LogP contribution is -2.37. The number of nitrogens with zero attached hydrogens (tertiary/aromatic N) is 1. The number of hydrogen-bond donors (Lipinski definition) is 2. The molecule has 1 saturated heterocycles. The minimum atomic E-state index is -0.0494. The molecule has 2 aromatic heterocycles. The summed E-state index contributed by atoms with van der Waals surface area (Å²) >= 11 is 1.42. The highest BCUT2D eigenvalue weighted by Gasteiger charge is 2.13. The van der Waals surface area contributed by atoms with Gasteiger partial charge in [-0.2, -0.15) is 0 Å². The van der Waals surface area contributed by atoms with Gasteiger partial charge in [0.05, 0.1) is 18.7 Å². The van der Waals surface area contributed by atoms with Crippen molar-refractivity contribution in [2.45, 2.75) is 25.4 Å². The Bertz CT molecular complexity index is 586. The summed E-state index contributed by atoms with van der Waals surface area (Å²) in [6, 6.07) is 2.24. The van der Waals surface area contributed by atoms with Gasteiger partial charge in [-0.1, -0.05) is 0 Å². The molecule has 1 fully saturated rings. The van der Waals surface area contributed by atoms with E-state index in [0.717, 1.165) is 31.6 Å². The van der Waals surface area contributed by atoms with Crippen LogP contribution in [0.3, 0.4) is 0 Å². The Hall–Kier alpha value is -1.24. The molecule has 18 heavy (non-hydrogen) atoms. The molecular formula is C12H15N3O2S. The van der Waals surface area contributed by atoms with Crippen LogP contribution in [0.1, 0.15) is 18.7 Å². The van der Waals surface area contributed by atoms with Gasteiger partial charge in [0, 0.05) is 12.6 Å². The van der Waals surface area contributed by atoms with E-state index in [1.807, 2.05) is 11.4 Å². The molecule has 2 aromatic rings. The third kappa shape index (κ3) is 2.45. The van der Waals surface area contributed by atoms with Crippen LogP contribution in [0.2, 0.25) is 0 Å². The number of ether oxygens (including phenoxy) is 1.